The lowest BCUT2D eigenvalue weighted by Gasteiger charge is -2.63. The third kappa shape index (κ3) is 5.24. The summed E-state index contributed by atoms with van der Waals surface area (Å²) in [6.45, 7) is 17.2. The molecule has 31 heavy (non-hydrogen) atoms. The molecule has 1 N–H and O–H groups in total. The number of carbonyl (C=O) groups excluding carboxylic acids is 1. The lowest BCUT2D eigenvalue weighted by Crippen LogP contribution is -2.64. The summed E-state index contributed by atoms with van der Waals surface area (Å²) in [6.07, 6.45) is 6.75. The van der Waals surface area contributed by atoms with Crippen molar-refractivity contribution in [2.75, 3.05) is 6.61 Å². The number of carboxylic acids is 1. The van der Waals surface area contributed by atoms with Crippen molar-refractivity contribution in [3.8, 4) is 0 Å². The van der Waals surface area contributed by atoms with E-state index in [9.17, 15) is 9.59 Å². The molecule has 0 aromatic rings. The Morgan fingerprint density at radius 3 is 2.48 bits per heavy atom. The van der Waals surface area contributed by atoms with Crippen molar-refractivity contribution in [3.05, 3.63) is 23.3 Å². The van der Waals surface area contributed by atoms with Crippen LogP contribution in [0.15, 0.2) is 23.3 Å². The summed E-state index contributed by atoms with van der Waals surface area (Å²) in [5.74, 6) is -0.337. The highest BCUT2D eigenvalue weighted by molar-refractivity contribution is 5.80. The molecule has 2 rings (SSSR count). The van der Waals surface area contributed by atoms with Gasteiger partial charge in [0.1, 0.15) is 12.2 Å². The van der Waals surface area contributed by atoms with Crippen LogP contribution in [0, 0.1) is 28.6 Å². The summed E-state index contributed by atoms with van der Waals surface area (Å²) >= 11 is 0. The van der Waals surface area contributed by atoms with Gasteiger partial charge in [-0.05, 0) is 56.8 Å². The third-order valence-electron chi connectivity index (χ3n) is 8.04. The smallest absolute Gasteiger partial charge is 0.328 e. The van der Waals surface area contributed by atoms with Crippen LogP contribution >= 0.6 is 0 Å². The lowest BCUT2D eigenvalue weighted by atomic mass is 9.45. The molecule has 0 aromatic carbocycles. The molecule has 0 aliphatic heterocycles. The van der Waals surface area contributed by atoms with E-state index in [2.05, 4.69) is 47.6 Å². The first-order valence-corrected chi connectivity index (χ1v) is 11.7. The number of hydrogen-bond donors (Lipinski definition) is 1. The first-order valence-electron chi connectivity index (χ1n) is 11.7. The predicted molar refractivity (Wildman–Crippen MR) is 123 cm³/mol. The van der Waals surface area contributed by atoms with Gasteiger partial charge in [0.2, 0.25) is 0 Å². The van der Waals surface area contributed by atoms with Crippen molar-refractivity contribution in [2.24, 2.45) is 28.6 Å². The fourth-order valence-electron chi connectivity index (χ4n) is 6.07. The monoisotopic (exact) mass is 434 g/mol. The van der Waals surface area contributed by atoms with Gasteiger partial charge in [-0.15, -0.1) is 0 Å². The molecule has 5 nitrogen and oxygen atoms in total. The molecule has 0 heterocycles. The Bertz CT molecular complexity index is 736. The van der Waals surface area contributed by atoms with Crippen LogP contribution in [0.2, 0.25) is 0 Å². The zero-order chi connectivity index (χ0) is 23.6. The topological polar surface area (TPSA) is 72.8 Å². The lowest BCUT2D eigenvalue weighted by molar-refractivity contribution is -0.224. The molecule has 0 radical (unpaired) electrons. The first kappa shape index (κ1) is 25.6. The highest BCUT2D eigenvalue weighted by Gasteiger charge is 2.63. The average Bonchev–Trinajstić information content (AvgIpc) is 2.65. The van der Waals surface area contributed by atoms with Crippen LogP contribution in [0.3, 0.4) is 0 Å². The maximum absolute atomic E-state index is 12.1. The molecule has 6 unspecified atom stereocenters. The number of rotatable bonds is 8. The van der Waals surface area contributed by atoms with Crippen molar-refractivity contribution < 1.29 is 24.2 Å². The van der Waals surface area contributed by atoms with Crippen LogP contribution in [0.1, 0.15) is 81.1 Å². The Morgan fingerprint density at radius 1 is 1.29 bits per heavy atom. The molecule has 0 amide bonds. The molecule has 6 atom stereocenters. The van der Waals surface area contributed by atoms with Crippen molar-refractivity contribution in [1.82, 2.24) is 0 Å². The number of aliphatic carboxylic acids is 1. The van der Waals surface area contributed by atoms with Gasteiger partial charge in [0.15, 0.2) is 0 Å². The predicted octanol–water partition coefficient (Wildman–Crippen LogP) is 5.79. The van der Waals surface area contributed by atoms with Gasteiger partial charge in [-0.3, -0.25) is 4.79 Å². The minimum atomic E-state index is -0.902. The Hall–Kier alpha value is -1.62. The molecule has 2 aliphatic rings. The Morgan fingerprint density at radius 2 is 1.94 bits per heavy atom. The molecule has 176 valence electrons. The van der Waals surface area contributed by atoms with E-state index in [0.717, 1.165) is 24.8 Å². The van der Waals surface area contributed by atoms with E-state index in [1.54, 1.807) is 0 Å². The van der Waals surface area contributed by atoms with Gasteiger partial charge in [-0.2, -0.15) is 0 Å². The Labute approximate surface area is 188 Å². The fraction of sp³-hybridized carbons (Fsp3) is 0.769. The van der Waals surface area contributed by atoms with Gasteiger partial charge in [0.25, 0.3) is 0 Å². The highest BCUT2D eigenvalue weighted by atomic mass is 16.6. The van der Waals surface area contributed by atoms with Crippen molar-refractivity contribution in [3.63, 3.8) is 0 Å². The number of carboxylic acid groups (broad SMARTS) is 1. The van der Waals surface area contributed by atoms with Gasteiger partial charge in [-0.25, -0.2) is 4.79 Å². The average molecular weight is 435 g/mol. The van der Waals surface area contributed by atoms with Gasteiger partial charge < -0.3 is 14.6 Å². The summed E-state index contributed by atoms with van der Waals surface area (Å²) in [6, 6.07) is 0. The van der Waals surface area contributed by atoms with Crippen LogP contribution in [0.5, 0.6) is 0 Å². The normalized spacial score (nSPS) is 36.0. The largest absolute Gasteiger partial charge is 0.478 e. The second-order valence-corrected chi connectivity index (χ2v) is 10.6. The second-order valence-electron chi connectivity index (χ2n) is 10.6. The van der Waals surface area contributed by atoms with Gasteiger partial charge in [-0.1, -0.05) is 51.8 Å². The number of fused-ring (bicyclic) bond motifs is 1. The minimum absolute atomic E-state index is 0.0927. The maximum atomic E-state index is 12.1. The van der Waals surface area contributed by atoms with E-state index in [4.69, 9.17) is 14.6 Å². The molecular weight excluding hydrogens is 392 g/mol. The summed E-state index contributed by atoms with van der Waals surface area (Å²) in [7, 11) is 0. The standard InChI is InChI=1S/C26H42O5/c1-16(2)15-30-24-23(31-20(6)27)19(5)25(7,13-12-17(3)14-22(28)29)21-11-9-10-18(4)26(21,24)8/h10,14,16,19,21,23-24H,9,11-13,15H2,1-8H3,(H,28,29). The summed E-state index contributed by atoms with van der Waals surface area (Å²) in [5, 5.41) is 9.12. The number of allylic oxidation sites excluding steroid dienone is 2. The molecule has 0 saturated heterocycles. The van der Waals surface area contributed by atoms with Crippen LogP contribution in [0.25, 0.3) is 0 Å². The zero-order valence-electron chi connectivity index (χ0n) is 20.7. The van der Waals surface area contributed by atoms with Crippen LogP contribution in [0.4, 0.5) is 0 Å². The minimum Gasteiger partial charge on any atom is -0.478 e. The number of ether oxygens (including phenoxy) is 2. The summed E-state index contributed by atoms with van der Waals surface area (Å²) in [4.78, 5) is 23.2. The van der Waals surface area contributed by atoms with E-state index >= 15 is 0 Å². The molecule has 0 aromatic heterocycles. The van der Waals surface area contributed by atoms with Crippen LogP contribution in [-0.2, 0) is 19.1 Å². The van der Waals surface area contributed by atoms with Gasteiger partial charge in [0, 0.05) is 30.9 Å². The molecule has 5 heteroatoms. The molecular formula is C26H42O5. The summed E-state index contributed by atoms with van der Waals surface area (Å²) < 4.78 is 12.5. The maximum Gasteiger partial charge on any atom is 0.328 e. The Balaban J connectivity index is 2.52. The zero-order valence-corrected chi connectivity index (χ0v) is 20.7. The molecule has 2 aliphatic carbocycles. The Kier molecular flexibility index (Phi) is 8.18. The SMILES string of the molecule is CC(=O)OC1C(C)C(C)(CCC(C)=CC(=O)O)C2CCC=C(C)C2(C)C1OCC(C)C. The second kappa shape index (κ2) is 9.89. The molecule has 0 bridgehead atoms. The van der Waals surface area contributed by atoms with E-state index in [1.165, 1.54) is 18.6 Å². The molecule has 0 spiro atoms. The van der Waals surface area contributed by atoms with E-state index in [-0.39, 0.29) is 34.9 Å². The van der Waals surface area contributed by atoms with Crippen molar-refractivity contribution in [1.29, 1.82) is 0 Å². The highest BCUT2D eigenvalue weighted by Crippen LogP contribution is 2.63. The number of hydrogen-bond acceptors (Lipinski definition) is 4. The molecule has 1 saturated carbocycles. The quantitative estimate of drug-likeness (QED) is 0.297. The van der Waals surface area contributed by atoms with Crippen LogP contribution < -0.4 is 0 Å². The molecule has 1 fully saturated rings. The summed E-state index contributed by atoms with van der Waals surface area (Å²) in [5.41, 5.74) is 1.83. The van der Waals surface area contributed by atoms with Gasteiger partial charge >= 0.3 is 11.9 Å². The third-order valence-corrected chi connectivity index (χ3v) is 8.04. The van der Waals surface area contributed by atoms with E-state index in [1.807, 2.05) is 6.92 Å². The fourth-order valence-corrected chi connectivity index (χ4v) is 6.07. The van der Waals surface area contributed by atoms with Gasteiger partial charge in [0.05, 0.1) is 0 Å². The van der Waals surface area contributed by atoms with Crippen LogP contribution in [-0.4, -0.2) is 35.9 Å². The van der Waals surface area contributed by atoms with E-state index in [0.29, 0.717) is 24.9 Å². The number of esters is 1. The van der Waals surface area contributed by atoms with Crippen molar-refractivity contribution >= 4 is 11.9 Å². The van der Waals surface area contributed by atoms with E-state index < -0.39 is 5.97 Å². The number of carbonyl (C=O) groups is 2. The van der Waals surface area contributed by atoms with Crippen molar-refractivity contribution in [2.45, 2.75) is 93.3 Å². The first-order chi connectivity index (χ1) is 14.3.